The van der Waals surface area contributed by atoms with E-state index in [1.165, 1.54) is 0 Å². The van der Waals surface area contributed by atoms with Crippen LogP contribution in [0.2, 0.25) is 0 Å². The highest BCUT2D eigenvalue weighted by Crippen LogP contribution is 2.22. The minimum Gasteiger partial charge on any atom is -0.394 e. The maximum atomic E-state index is 12.1. The van der Waals surface area contributed by atoms with Gasteiger partial charge in [-0.25, -0.2) is 0 Å². The van der Waals surface area contributed by atoms with Gasteiger partial charge in [-0.15, -0.1) is 0 Å². The monoisotopic (exact) mass is 473 g/mol. The summed E-state index contributed by atoms with van der Waals surface area (Å²) in [6.45, 7) is 2.24. The van der Waals surface area contributed by atoms with Gasteiger partial charge in [0.2, 0.25) is 0 Å². The van der Waals surface area contributed by atoms with Crippen molar-refractivity contribution in [2.45, 2.75) is 61.7 Å². The highest BCUT2D eigenvalue weighted by Gasteiger charge is 2.44. The summed E-state index contributed by atoms with van der Waals surface area (Å²) < 4.78 is 10.2. The molecule has 0 radical (unpaired) electrons. The summed E-state index contributed by atoms with van der Waals surface area (Å²) in [6.07, 6.45) is -14.2. The standard InChI is InChI=1S/C21H31NO11/c1-2-10-3-5-11(6-4-10)7-22-20(31)18(29)16(27)14(25)12(24)9-32-21-19(30)17(28)15(26)13(8-23)33-21/h2-6,12-19,21,23-30H,1,7-9H2,(H,22,31)/t12-,13-,14-,15+,16+,17+,18-,19-,21-/m1/s1. The predicted molar refractivity (Wildman–Crippen MR) is 112 cm³/mol. The number of nitrogens with one attached hydrogen (secondary N) is 1. The highest BCUT2D eigenvalue weighted by molar-refractivity contribution is 5.81. The molecule has 1 fully saturated rings. The maximum absolute atomic E-state index is 12.1. The van der Waals surface area contributed by atoms with Gasteiger partial charge in [-0.3, -0.25) is 4.79 Å². The summed E-state index contributed by atoms with van der Waals surface area (Å²) in [5.41, 5.74) is 1.59. The van der Waals surface area contributed by atoms with E-state index in [1.807, 2.05) is 0 Å². The molecule has 1 aliphatic heterocycles. The number of ether oxygens (including phenoxy) is 2. The predicted octanol–water partition coefficient (Wildman–Crippen LogP) is -3.79. The molecule has 1 saturated heterocycles. The number of hydrogen-bond acceptors (Lipinski definition) is 11. The Balaban J connectivity index is 1.84. The lowest BCUT2D eigenvalue weighted by molar-refractivity contribution is -0.306. The SMILES string of the molecule is C=Cc1ccc(CNC(=O)[C@H](O)[C@@H](O)[C@H](O)[C@H](O)CO[C@@H]2O[C@H](CO)[C@H](O)[C@H](O)[C@H]2O)cc1. The van der Waals surface area contributed by atoms with Crippen LogP contribution in [0.3, 0.4) is 0 Å². The fourth-order valence-corrected chi connectivity index (χ4v) is 3.13. The van der Waals surface area contributed by atoms with Gasteiger partial charge in [0.15, 0.2) is 12.4 Å². The number of carbonyl (C=O) groups is 1. The molecule has 0 aliphatic carbocycles. The molecule has 2 rings (SSSR count). The van der Waals surface area contributed by atoms with Gasteiger partial charge < -0.3 is 55.6 Å². The van der Waals surface area contributed by atoms with Crippen molar-refractivity contribution in [3.05, 3.63) is 42.0 Å². The van der Waals surface area contributed by atoms with Crippen molar-refractivity contribution < 1.29 is 55.1 Å². The number of amides is 1. The summed E-state index contributed by atoms with van der Waals surface area (Å²) in [5, 5.41) is 81.1. The van der Waals surface area contributed by atoms with E-state index in [9.17, 15) is 40.5 Å². The van der Waals surface area contributed by atoms with Gasteiger partial charge in [-0.2, -0.15) is 0 Å². The molecule has 1 aromatic carbocycles. The lowest BCUT2D eigenvalue weighted by atomic mass is 9.99. The van der Waals surface area contributed by atoms with Gasteiger partial charge in [0.25, 0.3) is 5.91 Å². The molecule has 1 aliphatic rings. The molecular formula is C21H31NO11. The molecule has 0 spiro atoms. The fraction of sp³-hybridized carbons (Fsp3) is 0.571. The number of benzene rings is 1. The second-order valence-corrected chi connectivity index (χ2v) is 7.69. The number of aliphatic hydroxyl groups excluding tert-OH is 8. The highest BCUT2D eigenvalue weighted by atomic mass is 16.7. The molecule has 1 heterocycles. The second kappa shape index (κ2) is 12.5. The molecule has 9 N–H and O–H groups in total. The summed E-state index contributed by atoms with van der Waals surface area (Å²) in [7, 11) is 0. The molecule has 12 nitrogen and oxygen atoms in total. The third-order valence-electron chi connectivity index (χ3n) is 5.30. The molecule has 1 amide bonds. The zero-order chi connectivity index (χ0) is 24.7. The lowest BCUT2D eigenvalue weighted by Crippen LogP contribution is -2.59. The summed E-state index contributed by atoms with van der Waals surface area (Å²) in [5.74, 6) is -0.989. The van der Waals surface area contributed by atoms with Crippen LogP contribution in [0.1, 0.15) is 11.1 Å². The fourth-order valence-electron chi connectivity index (χ4n) is 3.13. The summed E-state index contributed by atoms with van der Waals surface area (Å²) in [4.78, 5) is 12.1. The van der Waals surface area contributed by atoms with E-state index >= 15 is 0 Å². The minimum atomic E-state index is -2.08. The van der Waals surface area contributed by atoms with Crippen molar-refractivity contribution >= 4 is 12.0 Å². The molecule has 1 aromatic rings. The van der Waals surface area contributed by atoms with E-state index in [0.717, 1.165) is 5.56 Å². The van der Waals surface area contributed by atoms with E-state index in [2.05, 4.69) is 11.9 Å². The average molecular weight is 473 g/mol. The van der Waals surface area contributed by atoms with Crippen LogP contribution in [-0.4, -0.2) is 115 Å². The second-order valence-electron chi connectivity index (χ2n) is 7.69. The molecule has 186 valence electrons. The molecular weight excluding hydrogens is 442 g/mol. The largest absolute Gasteiger partial charge is 0.394 e. The van der Waals surface area contributed by atoms with Crippen molar-refractivity contribution in [1.29, 1.82) is 0 Å². The minimum absolute atomic E-state index is 0.0406. The topological polar surface area (TPSA) is 209 Å². The summed E-state index contributed by atoms with van der Waals surface area (Å²) >= 11 is 0. The first kappa shape index (κ1) is 27.3. The van der Waals surface area contributed by atoms with E-state index in [1.54, 1.807) is 30.3 Å². The first-order valence-electron chi connectivity index (χ1n) is 10.2. The molecule has 0 unspecified atom stereocenters. The number of carbonyl (C=O) groups excluding carboxylic acids is 1. The van der Waals surface area contributed by atoms with Gasteiger partial charge in [0.1, 0.15) is 42.7 Å². The first-order chi connectivity index (χ1) is 15.6. The van der Waals surface area contributed by atoms with Crippen molar-refractivity contribution in [3.8, 4) is 0 Å². The Morgan fingerprint density at radius 3 is 2.27 bits per heavy atom. The number of rotatable bonds is 11. The van der Waals surface area contributed by atoms with Crippen LogP contribution in [0, 0.1) is 0 Å². The molecule has 33 heavy (non-hydrogen) atoms. The quantitative estimate of drug-likeness (QED) is 0.152. The molecule has 0 aromatic heterocycles. The zero-order valence-corrected chi connectivity index (χ0v) is 17.7. The summed E-state index contributed by atoms with van der Waals surface area (Å²) in [6, 6.07) is 7.01. The van der Waals surface area contributed by atoms with Crippen molar-refractivity contribution in [3.63, 3.8) is 0 Å². The van der Waals surface area contributed by atoms with E-state index in [4.69, 9.17) is 14.6 Å². The van der Waals surface area contributed by atoms with Crippen molar-refractivity contribution in [2.24, 2.45) is 0 Å². The van der Waals surface area contributed by atoms with Crippen LogP contribution in [0.25, 0.3) is 6.08 Å². The smallest absolute Gasteiger partial charge is 0.251 e. The maximum Gasteiger partial charge on any atom is 0.251 e. The lowest BCUT2D eigenvalue weighted by Gasteiger charge is -2.40. The van der Waals surface area contributed by atoms with Crippen molar-refractivity contribution in [1.82, 2.24) is 5.32 Å². The Morgan fingerprint density at radius 2 is 1.70 bits per heavy atom. The molecule has 12 heteroatoms. The Kier molecular flexibility index (Phi) is 10.3. The van der Waals surface area contributed by atoms with Crippen LogP contribution in [0.4, 0.5) is 0 Å². The van der Waals surface area contributed by atoms with Crippen LogP contribution in [0.15, 0.2) is 30.8 Å². The number of hydrogen-bond donors (Lipinski definition) is 9. The Hall–Kier alpha value is -1.97. The van der Waals surface area contributed by atoms with Gasteiger partial charge in [-0.05, 0) is 11.1 Å². The Morgan fingerprint density at radius 1 is 1.06 bits per heavy atom. The van der Waals surface area contributed by atoms with Crippen molar-refractivity contribution in [2.75, 3.05) is 13.2 Å². The third-order valence-corrected chi connectivity index (χ3v) is 5.30. The number of aliphatic hydroxyl groups is 8. The van der Waals surface area contributed by atoms with Crippen LogP contribution < -0.4 is 5.32 Å². The Labute approximate surface area is 190 Å². The van der Waals surface area contributed by atoms with Gasteiger partial charge in [0.05, 0.1) is 13.2 Å². The normalized spacial score (nSPS) is 29.0. The Bertz CT molecular complexity index is 759. The van der Waals surface area contributed by atoms with E-state index in [0.29, 0.717) is 5.56 Å². The first-order valence-corrected chi connectivity index (χ1v) is 10.2. The van der Waals surface area contributed by atoms with Crippen LogP contribution in [-0.2, 0) is 20.8 Å². The molecule has 0 saturated carbocycles. The molecule has 0 bridgehead atoms. The van der Waals surface area contributed by atoms with Gasteiger partial charge in [0, 0.05) is 6.54 Å². The van der Waals surface area contributed by atoms with Crippen LogP contribution in [0.5, 0.6) is 0 Å². The molecule has 9 atom stereocenters. The van der Waals surface area contributed by atoms with E-state index in [-0.39, 0.29) is 6.54 Å². The zero-order valence-electron chi connectivity index (χ0n) is 17.7. The third kappa shape index (κ3) is 7.01. The van der Waals surface area contributed by atoms with Gasteiger partial charge >= 0.3 is 0 Å². The average Bonchev–Trinajstić information content (AvgIpc) is 2.84. The van der Waals surface area contributed by atoms with E-state index < -0.39 is 74.2 Å². The van der Waals surface area contributed by atoms with Crippen LogP contribution >= 0.6 is 0 Å². The van der Waals surface area contributed by atoms with Gasteiger partial charge in [-0.1, -0.05) is 36.9 Å².